The van der Waals surface area contributed by atoms with E-state index < -0.39 is 43.0 Å². The van der Waals surface area contributed by atoms with Gasteiger partial charge in [0.2, 0.25) is 0 Å². The van der Waals surface area contributed by atoms with Gasteiger partial charge in [-0.25, -0.2) is 0 Å². The Balaban J connectivity index is 2.79. The molecule has 1 saturated heterocycles. The van der Waals surface area contributed by atoms with E-state index in [2.05, 4.69) is 0 Å². The second kappa shape index (κ2) is 4.88. The number of aliphatic hydroxyl groups excluding tert-OH is 4. The van der Waals surface area contributed by atoms with E-state index in [4.69, 9.17) is 15.1 Å². The fraction of sp³-hybridized carbons (Fsp3) is 0.889. The normalized spacial score (nSPS) is 43.3. The average Bonchev–Trinajstić information content (AvgIpc) is 2.25. The molecule has 0 aromatic heterocycles. The molecule has 0 radical (unpaired) electrons. The van der Waals surface area contributed by atoms with Gasteiger partial charge in [0.15, 0.2) is 0 Å². The molecule has 0 aromatic rings. The minimum absolute atomic E-state index is 0.473. The van der Waals surface area contributed by atoms with E-state index in [1.165, 1.54) is 6.92 Å². The Morgan fingerprint density at radius 1 is 1.27 bits per heavy atom. The summed E-state index contributed by atoms with van der Waals surface area (Å²) in [5.74, 6) is -0.629. The van der Waals surface area contributed by atoms with Crippen molar-refractivity contribution in [2.75, 3.05) is 6.61 Å². The van der Waals surface area contributed by atoms with Gasteiger partial charge < -0.3 is 25.2 Å². The molecule has 6 heteroatoms. The van der Waals surface area contributed by atoms with Gasteiger partial charge in [0.1, 0.15) is 30.5 Å². The van der Waals surface area contributed by atoms with E-state index in [9.17, 15) is 15.3 Å². The Morgan fingerprint density at radius 2 is 1.87 bits per heavy atom. The SMILES string of the molecule is CC(C#N)C1OC(CO)C(O)C(O)C1O. The van der Waals surface area contributed by atoms with Gasteiger partial charge in [0, 0.05) is 0 Å². The Hall–Kier alpha value is -0.710. The fourth-order valence-corrected chi connectivity index (χ4v) is 1.62. The lowest BCUT2D eigenvalue weighted by atomic mass is 9.89. The maximum absolute atomic E-state index is 9.55. The summed E-state index contributed by atoms with van der Waals surface area (Å²) in [5.41, 5.74) is 0. The molecule has 0 bridgehead atoms. The summed E-state index contributed by atoms with van der Waals surface area (Å²) in [6, 6.07) is 1.89. The van der Waals surface area contributed by atoms with Crippen molar-refractivity contribution < 1.29 is 25.2 Å². The first kappa shape index (κ1) is 12.4. The van der Waals surface area contributed by atoms with Crippen molar-refractivity contribution >= 4 is 0 Å². The minimum Gasteiger partial charge on any atom is -0.394 e. The van der Waals surface area contributed by atoms with Gasteiger partial charge in [-0.05, 0) is 6.92 Å². The van der Waals surface area contributed by atoms with Crippen LogP contribution >= 0.6 is 0 Å². The number of nitrogens with zero attached hydrogens (tertiary/aromatic N) is 1. The van der Waals surface area contributed by atoms with Crippen molar-refractivity contribution in [2.45, 2.75) is 37.4 Å². The van der Waals surface area contributed by atoms with Gasteiger partial charge in [-0.2, -0.15) is 5.26 Å². The van der Waals surface area contributed by atoms with Crippen LogP contribution in [-0.2, 0) is 4.74 Å². The van der Waals surface area contributed by atoms with E-state index in [-0.39, 0.29) is 0 Å². The van der Waals surface area contributed by atoms with Crippen LogP contribution in [0.2, 0.25) is 0 Å². The first-order valence-corrected chi connectivity index (χ1v) is 4.73. The summed E-state index contributed by atoms with van der Waals surface area (Å²) in [7, 11) is 0. The predicted molar refractivity (Wildman–Crippen MR) is 48.5 cm³/mol. The van der Waals surface area contributed by atoms with Crippen LogP contribution in [0, 0.1) is 17.2 Å². The molecule has 6 atom stereocenters. The van der Waals surface area contributed by atoms with E-state index >= 15 is 0 Å². The van der Waals surface area contributed by atoms with Crippen LogP contribution in [0.4, 0.5) is 0 Å². The lowest BCUT2D eigenvalue weighted by molar-refractivity contribution is -0.235. The Labute approximate surface area is 87.3 Å². The molecule has 4 N–H and O–H groups in total. The third kappa shape index (κ3) is 2.27. The average molecular weight is 217 g/mol. The molecule has 6 unspecified atom stereocenters. The summed E-state index contributed by atoms with van der Waals surface area (Å²) in [4.78, 5) is 0. The van der Waals surface area contributed by atoms with Crippen LogP contribution in [0.1, 0.15) is 6.92 Å². The molecule has 0 aliphatic carbocycles. The Bertz CT molecular complexity index is 251. The number of nitriles is 1. The summed E-state index contributed by atoms with van der Waals surface area (Å²) < 4.78 is 5.15. The quantitative estimate of drug-likeness (QED) is 0.425. The van der Waals surface area contributed by atoms with Crippen molar-refractivity contribution in [3.8, 4) is 6.07 Å². The highest BCUT2D eigenvalue weighted by molar-refractivity contribution is 4.98. The van der Waals surface area contributed by atoms with Crippen molar-refractivity contribution in [1.82, 2.24) is 0 Å². The van der Waals surface area contributed by atoms with Crippen LogP contribution in [0.15, 0.2) is 0 Å². The maximum atomic E-state index is 9.55. The molecule has 1 fully saturated rings. The molecule has 15 heavy (non-hydrogen) atoms. The lowest BCUT2D eigenvalue weighted by Gasteiger charge is -2.40. The molecule has 6 nitrogen and oxygen atoms in total. The fourth-order valence-electron chi connectivity index (χ4n) is 1.62. The van der Waals surface area contributed by atoms with Crippen LogP contribution < -0.4 is 0 Å². The standard InChI is InChI=1S/C9H15NO5/c1-4(2-10)9-8(14)7(13)6(12)5(3-11)15-9/h4-9,11-14H,3H2,1H3. The zero-order chi connectivity index (χ0) is 11.6. The van der Waals surface area contributed by atoms with E-state index in [1.54, 1.807) is 0 Å². The summed E-state index contributed by atoms with van der Waals surface area (Å²) in [6.07, 6.45) is -5.93. The predicted octanol–water partition coefficient (Wildman–Crippen LogP) is -2.01. The van der Waals surface area contributed by atoms with Crippen molar-refractivity contribution in [2.24, 2.45) is 5.92 Å². The van der Waals surface area contributed by atoms with Gasteiger partial charge in [-0.3, -0.25) is 0 Å². The molecule has 86 valence electrons. The largest absolute Gasteiger partial charge is 0.394 e. The third-order valence-electron chi connectivity index (χ3n) is 2.63. The number of hydrogen-bond donors (Lipinski definition) is 4. The molecule has 0 amide bonds. The van der Waals surface area contributed by atoms with Crippen LogP contribution in [0.3, 0.4) is 0 Å². The molecule has 1 aliphatic heterocycles. The second-order valence-corrected chi connectivity index (χ2v) is 3.71. The van der Waals surface area contributed by atoms with Crippen LogP contribution in [0.5, 0.6) is 0 Å². The highest BCUT2D eigenvalue weighted by Crippen LogP contribution is 2.25. The van der Waals surface area contributed by atoms with E-state index in [0.717, 1.165) is 0 Å². The van der Waals surface area contributed by atoms with Gasteiger partial charge in [0.25, 0.3) is 0 Å². The second-order valence-electron chi connectivity index (χ2n) is 3.71. The van der Waals surface area contributed by atoms with Gasteiger partial charge in [0.05, 0.1) is 18.6 Å². The van der Waals surface area contributed by atoms with E-state index in [0.29, 0.717) is 0 Å². The molecule has 1 aliphatic rings. The number of rotatable bonds is 2. The van der Waals surface area contributed by atoms with Gasteiger partial charge in [-0.15, -0.1) is 0 Å². The number of ether oxygens (including phenoxy) is 1. The highest BCUT2D eigenvalue weighted by atomic mass is 16.5. The molecule has 0 saturated carbocycles. The van der Waals surface area contributed by atoms with Crippen LogP contribution in [0.25, 0.3) is 0 Å². The smallest absolute Gasteiger partial charge is 0.111 e. The van der Waals surface area contributed by atoms with Crippen molar-refractivity contribution in [3.05, 3.63) is 0 Å². The van der Waals surface area contributed by atoms with E-state index in [1.807, 2.05) is 6.07 Å². The third-order valence-corrected chi connectivity index (χ3v) is 2.63. The molecule has 1 heterocycles. The first-order valence-electron chi connectivity index (χ1n) is 4.73. The molecule has 0 aromatic carbocycles. The first-order chi connectivity index (χ1) is 7.02. The molecular formula is C9H15NO5. The van der Waals surface area contributed by atoms with Gasteiger partial charge in [-0.1, -0.05) is 0 Å². The summed E-state index contributed by atoms with van der Waals surface area (Å²) in [5, 5.41) is 46.0. The van der Waals surface area contributed by atoms with Crippen LogP contribution in [-0.4, -0.2) is 57.6 Å². The molecule has 0 spiro atoms. The number of hydrogen-bond acceptors (Lipinski definition) is 6. The Morgan fingerprint density at radius 3 is 2.33 bits per heavy atom. The highest BCUT2D eigenvalue weighted by Gasteiger charge is 2.45. The summed E-state index contributed by atoms with van der Waals surface area (Å²) in [6.45, 7) is 1.06. The van der Waals surface area contributed by atoms with Crippen molar-refractivity contribution in [1.29, 1.82) is 5.26 Å². The molecule has 1 rings (SSSR count). The zero-order valence-corrected chi connectivity index (χ0v) is 8.32. The Kier molecular flexibility index (Phi) is 4.02. The maximum Gasteiger partial charge on any atom is 0.111 e. The topological polar surface area (TPSA) is 114 Å². The zero-order valence-electron chi connectivity index (χ0n) is 8.32. The lowest BCUT2D eigenvalue weighted by Crippen LogP contribution is -2.59. The summed E-state index contributed by atoms with van der Waals surface area (Å²) >= 11 is 0. The number of aliphatic hydroxyl groups is 4. The monoisotopic (exact) mass is 217 g/mol. The van der Waals surface area contributed by atoms with Gasteiger partial charge >= 0.3 is 0 Å². The van der Waals surface area contributed by atoms with Crippen molar-refractivity contribution in [3.63, 3.8) is 0 Å². The minimum atomic E-state index is -1.41. The molecular weight excluding hydrogens is 202 g/mol.